The third-order valence-electron chi connectivity index (χ3n) is 2.07. The summed E-state index contributed by atoms with van der Waals surface area (Å²) in [5.41, 5.74) is 0.737. The summed E-state index contributed by atoms with van der Waals surface area (Å²) in [7, 11) is -3.27. The molecule has 1 heterocycles. The minimum atomic E-state index is -3.27. The van der Waals surface area contributed by atoms with Crippen LogP contribution >= 0.6 is 0 Å². The van der Waals surface area contributed by atoms with E-state index in [0.29, 0.717) is 12.3 Å². The van der Waals surface area contributed by atoms with E-state index in [4.69, 9.17) is 4.52 Å². The van der Waals surface area contributed by atoms with Gasteiger partial charge >= 0.3 is 0 Å². The Hall–Kier alpha value is -0.920. The first-order valence-electron chi connectivity index (χ1n) is 5.52. The van der Waals surface area contributed by atoms with E-state index in [-0.39, 0.29) is 18.3 Å². The molecule has 6 nitrogen and oxygen atoms in total. The lowest BCUT2D eigenvalue weighted by Crippen LogP contribution is -2.34. The molecule has 0 fully saturated rings. The van der Waals surface area contributed by atoms with E-state index >= 15 is 0 Å². The first-order chi connectivity index (χ1) is 7.89. The summed E-state index contributed by atoms with van der Waals surface area (Å²) in [5, 5.41) is 6.73. The number of hydrogen-bond acceptors (Lipinski definition) is 5. The zero-order valence-electron chi connectivity index (χ0n) is 10.4. The van der Waals surface area contributed by atoms with Gasteiger partial charge in [-0.25, -0.2) is 13.1 Å². The summed E-state index contributed by atoms with van der Waals surface area (Å²) in [4.78, 5) is 0. The number of sulfonamides is 1. The van der Waals surface area contributed by atoms with Crippen molar-refractivity contribution in [3.63, 3.8) is 0 Å². The van der Waals surface area contributed by atoms with Gasteiger partial charge in [0.25, 0.3) is 0 Å². The van der Waals surface area contributed by atoms with Gasteiger partial charge in [0.05, 0.1) is 18.0 Å². The zero-order chi connectivity index (χ0) is 12.9. The lowest BCUT2D eigenvalue weighted by Gasteiger charge is -2.08. The van der Waals surface area contributed by atoms with Gasteiger partial charge < -0.3 is 9.84 Å². The lowest BCUT2D eigenvalue weighted by molar-refractivity contribution is 0.377. The van der Waals surface area contributed by atoms with Crippen LogP contribution in [0.5, 0.6) is 0 Å². The normalized spacial score (nSPS) is 12.2. The molecule has 0 unspecified atom stereocenters. The van der Waals surface area contributed by atoms with Crippen LogP contribution in [-0.4, -0.2) is 31.9 Å². The van der Waals surface area contributed by atoms with Crippen molar-refractivity contribution in [2.75, 3.05) is 12.3 Å². The molecule has 0 atom stereocenters. The van der Waals surface area contributed by atoms with Gasteiger partial charge in [0.2, 0.25) is 10.0 Å². The predicted octanol–water partition coefficient (Wildman–Crippen LogP) is 0.400. The largest absolute Gasteiger partial charge is 0.360 e. The van der Waals surface area contributed by atoms with Crippen LogP contribution in [0.3, 0.4) is 0 Å². The highest BCUT2D eigenvalue weighted by molar-refractivity contribution is 7.89. The molecular formula is C10H19N3O3S. The Labute approximate surface area is 102 Å². The second kappa shape index (κ2) is 6.13. The molecule has 0 spiro atoms. The SMILES string of the molecule is Cc1cc(CNS(=O)(=O)CCNC(C)C)on1. The van der Waals surface area contributed by atoms with Crippen LogP contribution in [0.2, 0.25) is 0 Å². The van der Waals surface area contributed by atoms with Gasteiger partial charge in [0.1, 0.15) is 0 Å². The molecule has 0 bridgehead atoms. The van der Waals surface area contributed by atoms with E-state index in [1.54, 1.807) is 13.0 Å². The smallest absolute Gasteiger partial charge is 0.213 e. The fraction of sp³-hybridized carbons (Fsp3) is 0.700. The van der Waals surface area contributed by atoms with Gasteiger partial charge in [0.15, 0.2) is 5.76 Å². The summed E-state index contributed by atoms with van der Waals surface area (Å²) in [6, 6.07) is 1.98. The monoisotopic (exact) mass is 261 g/mol. The molecule has 1 rings (SSSR count). The molecule has 0 saturated carbocycles. The Morgan fingerprint density at radius 1 is 1.47 bits per heavy atom. The average molecular weight is 261 g/mol. The number of aryl methyl sites for hydroxylation is 1. The third-order valence-corrected chi connectivity index (χ3v) is 3.39. The summed E-state index contributed by atoms with van der Waals surface area (Å²) >= 11 is 0. The first-order valence-corrected chi connectivity index (χ1v) is 7.17. The number of nitrogens with one attached hydrogen (secondary N) is 2. The molecule has 0 aliphatic carbocycles. The summed E-state index contributed by atoms with van der Waals surface area (Å²) in [6.07, 6.45) is 0. The fourth-order valence-corrected chi connectivity index (χ4v) is 2.13. The molecule has 1 aromatic heterocycles. The minimum absolute atomic E-state index is 0.0539. The standard InChI is InChI=1S/C10H19N3O3S/c1-8(2)11-4-5-17(14,15)12-7-10-6-9(3)13-16-10/h6,8,11-12H,4-5,7H2,1-3H3. The van der Waals surface area contributed by atoms with Crippen LogP contribution in [0.4, 0.5) is 0 Å². The van der Waals surface area contributed by atoms with E-state index in [0.717, 1.165) is 5.69 Å². The highest BCUT2D eigenvalue weighted by Crippen LogP contribution is 2.01. The number of hydrogen-bond donors (Lipinski definition) is 2. The van der Waals surface area contributed by atoms with E-state index in [2.05, 4.69) is 15.2 Å². The highest BCUT2D eigenvalue weighted by atomic mass is 32.2. The molecule has 98 valence electrons. The highest BCUT2D eigenvalue weighted by Gasteiger charge is 2.11. The number of rotatable bonds is 7. The fourth-order valence-electron chi connectivity index (χ4n) is 1.23. The average Bonchev–Trinajstić information content (AvgIpc) is 2.61. The Bertz CT molecular complexity index is 439. The van der Waals surface area contributed by atoms with Crippen molar-refractivity contribution in [3.8, 4) is 0 Å². The maximum atomic E-state index is 11.6. The summed E-state index contributed by atoms with van der Waals surface area (Å²) in [5.74, 6) is 0.570. The van der Waals surface area contributed by atoms with Crippen LogP contribution in [0.1, 0.15) is 25.3 Å². The van der Waals surface area contributed by atoms with Crippen LogP contribution in [0, 0.1) is 6.92 Å². The van der Waals surface area contributed by atoms with Gasteiger partial charge in [-0.15, -0.1) is 0 Å². The first kappa shape index (κ1) is 14.1. The summed E-state index contributed by atoms with van der Waals surface area (Å²) < 4.78 is 30.5. The van der Waals surface area contributed by atoms with Crippen molar-refractivity contribution in [1.82, 2.24) is 15.2 Å². The van der Waals surface area contributed by atoms with Gasteiger partial charge in [-0.2, -0.15) is 0 Å². The lowest BCUT2D eigenvalue weighted by atomic mass is 10.4. The minimum Gasteiger partial charge on any atom is -0.360 e. The van der Waals surface area contributed by atoms with Gasteiger partial charge in [-0.05, 0) is 6.92 Å². The molecule has 7 heteroatoms. The second-order valence-electron chi connectivity index (χ2n) is 4.18. The Morgan fingerprint density at radius 3 is 2.71 bits per heavy atom. The van der Waals surface area contributed by atoms with Crippen LogP contribution < -0.4 is 10.0 Å². The van der Waals surface area contributed by atoms with E-state index in [9.17, 15) is 8.42 Å². The molecule has 0 amide bonds. The van der Waals surface area contributed by atoms with Crippen molar-refractivity contribution < 1.29 is 12.9 Å². The van der Waals surface area contributed by atoms with Gasteiger partial charge in [0, 0.05) is 18.7 Å². The maximum Gasteiger partial charge on any atom is 0.213 e. The quantitative estimate of drug-likeness (QED) is 0.742. The Kier molecular flexibility index (Phi) is 5.10. The van der Waals surface area contributed by atoms with E-state index < -0.39 is 10.0 Å². The van der Waals surface area contributed by atoms with Crippen molar-refractivity contribution in [3.05, 3.63) is 17.5 Å². The molecular weight excluding hydrogens is 242 g/mol. The molecule has 0 saturated heterocycles. The summed E-state index contributed by atoms with van der Waals surface area (Å²) in [6.45, 7) is 6.30. The van der Waals surface area contributed by atoms with Gasteiger partial charge in [-0.1, -0.05) is 19.0 Å². The molecule has 2 N–H and O–H groups in total. The molecule has 17 heavy (non-hydrogen) atoms. The number of aromatic nitrogens is 1. The van der Waals surface area contributed by atoms with Crippen LogP contribution in [0.15, 0.2) is 10.6 Å². The van der Waals surface area contributed by atoms with Crippen LogP contribution in [-0.2, 0) is 16.6 Å². The van der Waals surface area contributed by atoms with Crippen molar-refractivity contribution >= 4 is 10.0 Å². The molecule has 0 radical (unpaired) electrons. The Morgan fingerprint density at radius 2 is 2.18 bits per heavy atom. The van der Waals surface area contributed by atoms with E-state index in [1.165, 1.54) is 0 Å². The van der Waals surface area contributed by atoms with Gasteiger partial charge in [-0.3, -0.25) is 0 Å². The maximum absolute atomic E-state index is 11.6. The third kappa shape index (κ3) is 5.81. The molecule has 0 aliphatic heterocycles. The molecule has 0 aromatic carbocycles. The van der Waals surface area contributed by atoms with Crippen LogP contribution in [0.25, 0.3) is 0 Å². The molecule has 0 aliphatic rings. The molecule has 1 aromatic rings. The zero-order valence-corrected chi connectivity index (χ0v) is 11.2. The topological polar surface area (TPSA) is 84.2 Å². The van der Waals surface area contributed by atoms with E-state index in [1.807, 2.05) is 13.8 Å². The Balaban J connectivity index is 2.34. The van der Waals surface area contributed by atoms with Crippen molar-refractivity contribution in [1.29, 1.82) is 0 Å². The van der Waals surface area contributed by atoms with Crippen molar-refractivity contribution in [2.45, 2.75) is 33.4 Å². The predicted molar refractivity (Wildman–Crippen MR) is 65.0 cm³/mol. The number of nitrogens with zero attached hydrogens (tertiary/aromatic N) is 1. The second-order valence-corrected chi connectivity index (χ2v) is 6.11. The van der Waals surface area contributed by atoms with Crippen molar-refractivity contribution in [2.24, 2.45) is 0 Å².